The zero-order valence-electron chi connectivity index (χ0n) is 14.3. The molecule has 2 unspecified atom stereocenters. The molecular formula is C17H37N3. The highest BCUT2D eigenvalue weighted by molar-refractivity contribution is 4.82. The smallest absolute Gasteiger partial charge is 0.0235 e. The summed E-state index contributed by atoms with van der Waals surface area (Å²) in [4.78, 5) is 5.02. The highest BCUT2D eigenvalue weighted by atomic mass is 15.3. The second kappa shape index (κ2) is 10.6. The topological polar surface area (TPSA) is 18.5 Å². The van der Waals surface area contributed by atoms with Crippen molar-refractivity contribution in [3.05, 3.63) is 0 Å². The van der Waals surface area contributed by atoms with Crippen LogP contribution in [0.4, 0.5) is 0 Å². The lowest BCUT2D eigenvalue weighted by atomic mass is 9.98. The summed E-state index contributed by atoms with van der Waals surface area (Å²) < 4.78 is 0. The highest BCUT2D eigenvalue weighted by Gasteiger charge is 2.24. The molecular weight excluding hydrogens is 246 g/mol. The van der Waals surface area contributed by atoms with E-state index in [1.807, 2.05) is 0 Å². The molecule has 0 aliphatic carbocycles. The van der Waals surface area contributed by atoms with Crippen LogP contribution >= 0.6 is 0 Å². The van der Waals surface area contributed by atoms with E-state index in [0.717, 1.165) is 6.04 Å². The maximum atomic E-state index is 3.54. The Morgan fingerprint density at radius 2 is 1.75 bits per heavy atom. The third-order valence-corrected chi connectivity index (χ3v) is 4.85. The summed E-state index contributed by atoms with van der Waals surface area (Å²) in [6.07, 6.45) is 11.1. The van der Waals surface area contributed by atoms with Crippen LogP contribution in [-0.2, 0) is 0 Å². The third kappa shape index (κ3) is 7.05. The lowest BCUT2D eigenvalue weighted by Gasteiger charge is -2.39. The van der Waals surface area contributed by atoms with Crippen LogP contribution in [-0.4, -0.2) is 62.7 Å². The van der Waals surface area contributed by atoms with Gasteiger partial charge in [0.1, 0.15) is 0 Å². The molecule has 120 valence electrons. The molecule has 0 amide bonds. The number of hydrogen-bond donors (Lipinski definition) is 1. The van der Waals surface area contributed by atoms with Crippen molar-refractivity contribution in [2.24, 2.45) is 0 Å². The number of nitrogens with zero attached hydrogens (tertiary/aromatic N) is 2. The van der Waals surface area contributed by atoms with Crippen LogP contribution in [0.3, 0.4) is 0 Å². The van der Waals surface area contributed by atoms with Gasteiger partial charge in [-0.25, -0.2) is 0 Å². The Labute approximate surface area is 127 Å². The molecule has 3 heteroatoms. The van der Waals surface area contributed by atoms with Crippen molar-refractivity contribution in [1.82, 2.24) is 15.1 Å². The van der Waals surface area contributed by atoms with Crippen molar-refractivity contribution in [2.45, 2.75) is 70.4 Å². The number of piperazine rings is 1. The second-order valence-electron chi connectivity index (χ2n) is 6.67. The first-order valence-electron chi connectivity index (χ1n) is 8.73. The van der Waals surface area contributed by atoms with Crippen LogP contribution in [0.15, 0.2) is 0 Å². The number of nitrogens with one attached hydrogen (secondary N) is 1. The first-order valence-corrected chi connectivity index (χ1v) is 8.73. The van der Waals surface area contributed by atoms with Gasteiger partial charge in [0.05, 0.1) is 0 Å². The minimum Gasteiger partial charge on any atom is -0.317 e. The van der Waals surface area contributed by atoms with E-state index in [1.165, 1.54) is 71.0 Å². The average molecular weight is 284 g/mol. The summed E-state index contributed by atoms with van der Waals surface area (Å²) >= 11 is 0. The Balaban J connectivity index is 2.17. The molecule has 0 aromatic rings. The molecule has 3 nitrogen and oxygen atoms in total. The van der Waals surface area contributed by atoms with Crippen LogP contribution in [0, 0.1) is 0 Å². The van der Waals surface area contributed by atoms with E-state index in [2.05, 4.69) is 43.2 Å². The predicted molar refractivity (Wildman–Crippen MR) is 89.4 cm³/mol. The molecule has 1 heterocycles. The van der Waals surface area contributed by atoms with Crippen molar-refractivity contribution in [2.75, 3.05) is 40.8 Å². The van der Waals surface area contributed by atoms with Gasteiger partial charge in [-0.3, -0.25) is 0 Å². The van der Waals surface area contributed by atoms with Crippen LogP contribution < -0.4 is 5.32 Å². The first-order chi connectivity index (χ1) is 9.67. The van der Waals surface area contributed by atoms with Crippen molar-refractivity contribution in [1.29, 1.82) is 0 Å². The molecule has 0 saturated carbocycles. The minimum atomic E-state index is 0.695. The van der Waals surface area contributed by atoms with Gasteiger partial charge < -0.3 is 15.1 Å². The van der Waals surface area contributed by atoms with Crippen LogP contribution in [0.1, 0.15) is 58.3 Å². The van der Waals surface area contributed by atoms with Crippen molar-refractivity contribution in [3.63, 3.8) is 0 Å². The number of rotatable bonds is 10. The summed E-state index contributed by atoms with van der Waals surface area (Å²) in [5, 5.41) is 3.54. The predicted octanol–water partition coefficient (Wildman–Crippen LogP) is 2.96. The van der Waals surface area contributed by atoms with E-state index in [0.29, 0.717) is 6.04 Å². The molecule has 0 aromatic carbocycles. The van der Waals surface area contributed by atoms with Crippen molar-refractivity contribution < 1.29 is 0 Å². The van der Waals surface area contributed by atoms with E-state index in [-0.39, 0.29) is 0 Å². The van der Waals surface area contributed by atoms with Gasteiger partial charge in [0.25, 0.3) is 0 Å². The fourth-order valence-electron chi connectivity index (χ4n) is 3.24. The van der Waals surface area contributed by atoms with Gasteiger partial charge in [0.2, 0.25) is 0 Å². The Morgan fingerprint density at radius 1 is 1.05 bits per heavy atom. The third-order valence-electron chi connectivity index (χ3n) is 4.85. The van der Waals surface area contributed by atoms with Gasteiger partial charge in [-0.15, -0.1) is 0 Å². The maximum absolute atomic E-state index is 3.54. The summed E-state index contributed by atoms with van der Waals surface area (Å²) in [7, 11) is 6.67. The summed E-state index contributed by atoms with van der Waals surface area (Å²) in [6, 6.07) is 1.42. The van der Waals surface area contributed by atoms with Crippen LogP contribution in [0.2, 0.25) is 0 Å². The molecule has 20 heavy (non-hydrogen) atoms. The molecule has 0 aromatic heterocycles. The van der Waals surface area contributed by atoms with Crippen LogP contribution in [0.5, 0.6) is 0 Å². The minimum absolute atomic E-state index is 0.695. The molecule has 1 saturated heterocycles. The monoisotopic (exact) mass is 283 g/mol. The molecule has 1 fully saturated rings. The summed E-state index contributed by atoms with van der Waals surface area (Å²) in [5.41, 5.74) is 0. The summed E-state index contributed by atoms with van der Waals surface area (Å²) in [5.74, 6) is 0. The summed E-state index contributed by atoms with van der Waals surface area (Å²) in [6.45, 7) is 5.95. The van der Waals surface area contributed by atoms with Gasteiger partial charge in [-0.1, -0.05) is 45.4 Å². The molecule has 1 aliphatic rings. The van der Waals surface area contributed by atoms with E-state index >= 15 is 0 Å². The fourth-order valence-corrected chi connectivity index (χ4v) is 3.24. The van der Waals surface area contributed by atoms with Gasteiger partial charge >= 0.3 is 0 Å². The lowest BCUT2D eigenvalue weighted by molar-refractivity contribution is 0.101. The largest absolute Gasteiger partial charge is 0.317 e. The first kappa shape index (κ1) is 17.9. The molecule has 1 aliphatic heterocycles. The van der Waals surface area contributed by atoms with Crippen molar-refractivity contribution >= 4 is 0 Å². The van der Waals surface area contributed by atoms with Gasteiger partial charge in [0.15, 0.2) is 0 Å². The molecule has 0 bridgehead atoms. The molecule has 0 radical (unpaired) electrons. The molecule has 0 spiro atoms. The van der Waals surface area contributed by atoms with E-state index in [4.69, 9.17) is 0 Å². The molecule has 1 N–H and O–H groups in total. The highest BCUT2D eigenvalue weighted by Crippen LogP contribution is 2.16. The maximum Gasteiger partial charge on any atom is 0.0235 e. The second-order valence-corrected chi connectivity index (χ2v) is 6.67. The standard InChI is InChI=1S/C17H37N3/c1-5-6-7-8-9-10-11-16(18-2)14-17-15-19(3)12-13-20(17)4/h16-18H,5-15H2,1-4H3. The van der Waals surface area contributed by atoms with Gasteiger partial charge in [-0.05, 0) is 34.0 Å². The molecule has 1 rings (SSSR count). The average Bonchev–Trinajstić information content (AvgIpc) is 2.45. The Bertz CT molecular complexity index is 232. The molecule has 2 atom stereocenters. The SMILES string of the molecule is CCCCCCCCC(CC1CN(C)CCN1C)NC. The lowest BCUT2D eigenvalue weighted by Crippen LogP contribution is -2.52. The zero-order valence-corrected chi connectivity index (χ0v) is 14.3. The fraction of sp³-hybridized carbons (Fsp3) is 1.00. The Morgan fingerprint density at radius 3 is 2.45 bits per heavy atom. The van der Waals surface area contributed by atoms with Crippen LogP contribution in [0.25, 0.3) is 0 Å². The van der Waals surface area contributed by atoms with E-state index in [1.54, 1.807) is 0 Å². The number of likely N-dealkylation sites (N-methyl/N-ethyl adjacent to an activating group) is 2. The Hall–Kier alpha value is -0.120. The quantitative estimate of drug-likeness (QED) is 0.622. The van der Waals surface area contributed by atoms with E-state index < -0.39 is 0 Å². The van der Waals surface area contributed by atoms with Crippen molar-refractivity contribution in [3.8, 4) is 0 Å². The Kier molecular flexibility index (Phi) is 9.49. The zero-order chi connectivity index (χ0) is 14.8. The number of unbranched alkanes of at least 4 members (excludes halogenated alkanes) is 5. The van der Waals surface area contributed by atoms with E-state index in [9.17, 15) is 0 Å². The number of hydrogen-bond acceptors (Lipinski definition) is 3. The van der Waals surface area contributed by atoms with Gasteiger partial charge in [-0.2, -0.15) is 0 Å². The van der Waals surface area contributed by atoms with Gasteiger partial charge in [0, 0.05) is 31.7 Å². The normalized spacial score (nSPS) is 23.1.